The summed E-state index contributed by atoms with van der Waals surface area (Å²) in [5.41, 5.74) is 0.805. The molecule has 0 amide bonds. The molecule has 0 fully saturated rings. The van der Waals surface area contributed by atoms with Crippen LogP contribution in [0.25, 0.3) is 10.9 Å². The van der Waals surface area contributed by atoms with Crippen LogP contribution >= 0.6 is 0 Å². The molecule has 15 heavy (non-hydrogen) atoms. The molecule has 0 radical (unpaired) electrons. The number of fused-ring (bicyclic) bond motifs is 1. The molecule has 0 N–H and O–H groups in total. The normalized spacial score (nSPS) is 10.3. The molecule has 76 valence electrons. The summed E-state index contributed by atoms with van der Waals surface area (Å²) >= 11 is 0. The minimum atomic E-state index is -0.352. The van der Waals surface area contributed by atoms with Crippen LogP contribution in [0.4, 0.5) is 4.39 Å². The van der Waals surface area contributed by atoms with Gasteiger partial charge in [-0.2, -0.15) is 5.26 Å². The van der Waals surface area contributed by atoms with E-state index in [0.29, 0.717) is 22.3 Å². The number of benzene rings is 1. The van der Waals surface area contributed by atoms with Gasteiger partial charge in [-0.1, -0.05) is 0 Å². The van der Waals surface area contributed by atoms with Crippen LogP contribution < -0.4 is 4.74 Å². The number of rotatable bonds is 1. The Morgan fingerprint density at radius 2 is 2.20 bits per heavy atom. The predicted octanol–water partition coefficient (Wildman–Crippen LogP) is 2.20. The first-order chi connectivity index (χ1) is 7.19. The molecule has 0 bridgehead atoms. The van der Waals surface area contributed by atoms with E-state index >= 15 is 0 Å². The van der Waals surface area contributed by atoms with Gasteiger partial charge in [-0.3, -0.25) is 0 Å². The molecular formula is C11H9FN2O. The zero-order chi connectivity index (χ0) is 11.0. The second-order valence-electron chi connectivity index (χ2n) is 3.21. The highest BCUT2D eigenvalue weighted by Gasteiger charge is 2.13. The quantitative estimate of drug-likeness (QED) is 0.714. The second kappa shape index (κ2) is 3.28. The lowest BCUT2D eigenvalue weighted by atomic mass is 10.2. The molecule has 0 aliphatic carbocycles. The summed E-state index contributed by atoms with van der Waals surface area (Å²) in [6.45, 7) is 0. The molecular weight excluding hydrogens is 195 g/mol. The molecule has 0 saturated heterocycles. The third-order valence-electron chi connectivity index (χ3n) is 2.44. The van der Waals surface area contributed by atoms with E-state index in [1.807, 2.05) is 6.07 Å². The van der Waals surface area contributed by atoms with Crippen LogP contribution in [-0.2, 0) is 7.05 Å². The summed E-state index contributed by atoms with van der Waals surface area (Å²) in [6, 6.07) is 6.52. The standard InChI is InChI=1S/C11H9FN2O/c1-14-7(6-13)5-8-10(15-2)4-3-9(12)11(8)14/h3-5H,1-2H3. The zero-order valence-corrected chi connectivity index (χ0v) is 8.41. The van der Waals surface area contributed by atoms with Gasteiger partial charge in [0.15, 0.2) is 0 Å². The Balaban J connectivity index is 2.93. The Morgan fingerprint density at radius 1 is 1.47 bits per heavy atom. The van der Waals surface area contributed by atoms with Gasteiger partial charge in [0, 0.05) is 12.4 Å². The van der Waals surface area contributed by atoms with Crippen molar-refractivity contribution >= 4 is 10.9 Å². The third-order valence-corrected chi connectivity index (χ3v) is 2.44. The average molecular weight is 204 g/mol. The maximum Gasteiger partial charge on any atom is 0.147 e. The topological polar surface area (TPSA) is 37.9 Å². The van der Waals surface area contributed by atoms with Crippen molar-refractivity contribution in [1.29, 1.82) is 5.26 Å². The van der Waals surface area contributed by atoms with Gasteiger partial charge in [-0.25, -0.2) is 4.39 Å². The maximum atomic E-state index is 13.5. The van der Waals surface area contributed by atoms with E-state index in [1.54, 1.807) is 19.2 Å². The summed E-state index contributed by atoms with van der Waals surface area (Å²) in [7, 11) is 3.18. The van der Waals surface area contributed by atoms with Crippen LogP contribution in [0.3, 0.4) is 0 Å². The molecule has 0 aliphatic heterocycles. The summed E-state index contributed by atoms with van der Waals surface area (Å²) in [5.74, 6) is 0.221. The van der Waals surface area contributed by atoms with Crippen LogP contribution in [0.15, 0.2) is 18.2 Å². The fourth-order valence-electron chi connectivity index (χ4n) is 1.68. The van der Waals surface area contributed by atoms with Crippen molar-refractivity contribution in [3.63, 3.8) is 0 Å². The van der Waals surface area contributed by atoms with E-state index in [2.05, 4.69) is 0 Å². The van der Waals surface area contributed by atoms with Crippen molar-refractivity contribution in [3.05, 3.63) is 29.7 Å². The molecule has 0 aliphatic rings. The minimum absolute atomic E-state index is 0.352. The SMILES string of the molecule is COc1ccc(F)c2c1cc(C#N)n2C. The second-order valence-corrected chi connectivity index (χ2v) is 3.21. The van der Waals surface area contributed by atoms with Gasteiger partial charge >= 0.3 is 0 Å². The Kier molecular flexibility index (Phi) is 2.09. The molecule has 2 rings (SSSR count). The lowest BCUT2D eigenvalue weighted by molar-refractivity contribution is 0.419. The minimum Gasteiger partial charge on any atom is -0.496 e. The number of aromatic nitrogens is 1. The summed E-state index contributed by atoms with van der Waals surface area (Å²) in [6.07, 6.45) is 0. The van der Waals surface area contributed by atoms with E-state index in [0.717, 1.165) is 0 Å². The first-order valence-electron chi connectivity index (χ1n) is 4.41. The Bertz CT molecular complexity index is 566. The number of hydrogen-bond donors (Lipinski definition) is 0. The van der Waals surface area contributed by atoms with Crippen molar-refractivity contribution in [2.24, 2.45) is 7.05 Å². The Labute approximate surface area is 86.3 Å². The fourth-order valence-corrected chi connectivity index (χ4v) is 1.68. The number of aryl methyl sites for hydroxylation is 1. The van der Waals surface area contributed by atoms with E-state index in [1.165, 1.54) is 17.7 Å². The van der Waals surface area contributed by atoms with Crippen molar-refractivity contribution in [2.75, 3.05) is 7.11 Å². The van der Waals surface area contributed by atoms with Crippen molar-refractivity contribution in [2.45, 2.75) is 0 Å². The predicted molar refractivity (Wildman–Crippen MR) is 54.1 cm³/mol. The number of hydrogen-bond acceptors (Lipinski definition) is 2. The Morgan fingerprint density at radius 3 is 2.80 bits per heavy atom. The van der Waals surface area contributed by atoms with Gasteiger partial charge in [0.25, 0.3) is 0 Å². The number of methoxy groups -OCH3 is 1. The van der Waals surface area contributed by atoms with Gasteiger partial charge in [-0.15, -0.1) is 0 Å². The van der Waals surface area contributed by atoms with Crippen molar-refractivity contribution < 1.29 is 9.13 Å². The zero-order valence-electron chi connectivity index (χ0n) is 8.41. The van der Waals surface area contributed by atoms with Crippen LogP contribution in [0, 0.1) is 17.1 Å². The highest BCUT2D eigenvalue weighted by atomic mass is 19.1. The van der Waals surface area contributed by atoms with Gasteiger partial charge < -0.3 is 9.30 Å². The molecule has 2 aromatic rings. The molecule has 1 aromatic heterocycles. The Hall–Kier alpha value is -2.02. The molecule has 1 heterocycles. The van der Waals surface area contributed by atoms with Crippen LogP contribution in [0.2, 0.25) is 0 Å². The van der Waals surface area contributed by atoms with Gasteiger partial charge in [0.1, 0.15) is 23.3 Å². The lowest BCUT2D eigenvalue weighted by Gasteiger charge is -2.03. The number of nitrogens with zero attached hydrogens (tertiary/aromatic N) is 2. The largest absolute Gasteiger partial charge is 0.496 e. The smallest absolute Gasteiger partial charge is 0.147 e. The molecule has 0 unspecified atom stereocenters. The van der Waals surface area contributed by atoms with Gasteiger partial charge in [0.2, 0.25) is 0 Å². The molecule has 4 heteroatoms. The third kappa shape index (κ3) is 1.24. The number of ether oxygens (including phenoxy) is 1. The number of halogens is 1. The fraction of sp³-hybridized carbons (Fsp3) is 0.182. The van der Waals surface area contributed by atoms with Crippen molar-refractivity contribution in [3.8, 4) is 11.8 Å². The first kappa shape index (κ1) is 9.53. The molecule has 3 nitrogen and oxygen atoms in total. The molecule has 0 atom stereocenters. The summed E-state index contributed by atoms with van der Waals surface area (Å²) < 4.78 is 20.2. The molecule has 0 spiro atoms. The van der Waals surface area contributed by atoms with Crippen LogP contribution in [-0.4, -0.2) is 11.7 Å². The maximum absolute atomic E-state index is 13.5. The summed E-state index contributed by atoms with van der Waals surface area (Å²) in [5, 5.41) is 9.46. The molecule has 1 aromatic carbocycles. The van der Waals surface area contributed by atoms with Crippen LogP contribution in [0.5, 0.6) is 5.75 Å². The summed E-state index contributed by atoms with van der Waals surface area (Å²) in [4.78, 5) is 0. The monoisotopic (exact) mass is 204 g/mol. The van der Waals surface area contributed by atoms with Crippen molar-refractivity contribution in [1.82, 2.24) is 4.57 Å². The average Bonchev–Trinajstić information content (AvgIpc) is 2.57. The van der Waals surface area contributed by atoms with E-state index in [4.69, 9.17) is 10.00 Å². The van der Waals surface area contributed by atoms with Gasteiger partial charge in [-0.05, 0) is 18.2 Å². The van der Waals surface area contributed by atoms with Gasteiger partial charge in [0.05, 0.1) is 12.6 Å². The first-order valence-corrected chi connectivity index (χ1v) is 4.41. The number of nitriles is 1. The highest BCUT2D eigenvalue weighted by molar-refractivity contribution is 5.88. The van der Waals surface area contributed by atoms with E-state index in [9.17, 15) is 4.39 Å². The molecule has 0 saturated carbocycles. The lowest BCUT2D eigenvalue weighted by Crippen LogP contribution is -1.93. The van der Waals surface area contributed by atoms with Crippen LogP contribution in [0.1, 0.15) is 5.69 Å². The van der Waals surface area contributed by atoms with E-state index < -0.39 is 0 Å². The van der Waals surface area contributed by atoms with E-state index in [-0.39, 0.29) is 5.82 Å². The highest BCUT2D eigenvalue weighted by Crippen LogP contribution is 2.29.